The zero-order chi connectivity index (χ0) is 6.43. The Morgan fingerprint density at radius 2 is 2.33 bits per heavy atom. The Balaban J connectivity index is 2.12. The number of fused-ring (bicyclic) bond motifs is 1. The van der Waals surface area contributed by atoms with Crippen LogP contribution >= 0.6 is 11.6 Å². The number of halogens is 1. The highest BCUT2D eigenvalue weighted by Crippen LogP contribution is 2.45. The monoisotopic (exact) mass is 144 g/mol. The van der Waals surface area contributed by atoms with Gasteiger partial charge in [0.15, 0.2) is 0 Å². The van der Waals surface area contributed by atoms with Crippen LogP contribution in [0.1, 0.15) is 6.42 Å². The quantitative estimate of drug-likeness (QED) is 0.400. The molecule has 0 amide bonds. The average molecular weight is 145 g/mol. The molecule has 0 radical (unpaired) electrons. The molecule has 0 aromatic rings. The first-order valence-electron chi connectivity index (χ1n) is 3.29. The van der Waals surface area contributed by atoms with E-state index < -0.39 is 0 Å². The van der Waals surface area contributed by atoms with Crippen LogP contribution in [0, 0.1) is 11.8 Å². The van der Waals surface area contributed by atoms with Crippen LogP contribution in [0.4, 0.5) is 0 Å². The minimum atomic E-state index is -0.244. The highest BCUT2D eigenvalue weighted by molar-refractivity contribution is 6.22. The van der Waals surface area contributed by atoms with Crippen molar-refractivity contribution in [2.45, 2.75) is 17.9 Å². The second-order valence-electron chi connectivity index (χ2n) is 2.84. The zero-order valence-electron chi connectivity index (χ0n) is 5.00. The summed E-state index contributed by atoms with van der Waals surface area (Å²) in [7, 11) is 0. The van der Waals surface area contributed by atoms with Gasteiger partial charge < -0.3 is 5.11 Å². The van der Waals surface area contributed by atoms with Crippen LogP contribution < -0.4 is 0 Å². The number of aliphatic hydroxyl groups is 1. The summed E-state index contributed by atoms with van der Waals surface area (Å²) >= 11 is 5.80. The molecule has 0 spiro atoms. The highest BCUT2D eigenvalue weighted by atomic mass is 35.5. The largest absolute Gasteiger partial charge is 0.391 e. The summed E-state index contributed by atoms with van der Waals surface area (Å²) in [6.45, 7) is 0. The summed E-state index contributed by atoms with van der Waals surface area (Å²) in [6, 6.07) is 0. The molecular weight excluding hydrogens is 136 g/mol. The van der Waals surface area contributed by atoms with E-state index in [-0.39, 0.29) is 11.5 Å². The molecule has 0 aromatic carbocycles. The lowest BCUT2D eigenvalue weighted by Crippen LogP contribution is -2.49. The van der Waals surface area contributed by atoms with Crippen LogP contribution in [-0.4, -0.2) is 16.6 Å². The lowest BCUT2D eigenvalue weighted by molar-refractivity contribution is 0.00274. The topological polar surface area (TPSA) is 20.2 Å². The molecule has 1 saturated carbocycles. The van der Waals surface area contributed by atoms with Gasteiger partial charge in [-0.25, -0.2) is 0 Å². The van der Waals surface area contributed by atoms with Crippen molar-refractivity contribution in [3.63, 3.8) is 0 Å². The fourth-order valence-corrected chi connectivity index (χ4v) is 2.18. The molecular formula is C7H9ClO. The second kappa shape index (κ2) is 1.74. The molecule has 0 unspecified atom stereocenters. The summed E-state index contributed by atoms with van der Waals surface area (Å²) in [5.41, 5.74) is 0. The third-order valence-electron chi connectivity index (χ3n) is 2.39. The Morgan fingerprint density at radius 3 is 3.00 bits per heavy atom. The summed E-state index contributed by atoms with van der Waals surface area (Å²) in [4.78, 5) is 0. The van der Waals surface area contributed by atoms with Gasteiger partial charge in [0.05, 0.1) is 11.5 Å². The van der Waals surface area contributed by atoms with Crippen LogP contribution in [0.25, 0.3) is 0 Å². The van der Waals surface area contributed by atoms with Gasteiger partial charge in [0.1, 0.15) is 0 Å². The van der Waals surface area contributed by atoms with Crippen LogP contribution in [0.15, 0.2) is 12.2 Å². The van der Waals surface area contributed by atoms with Crippen LogP contribution in [0.5, 0.6) is 0 Å². The molecule has 0 heterocycles. The molecule has 2 heteroatoms. The fraction of sp³-hybridized carbons (Fsp3) is 0.714. The minimum absolute atomic E-state index is 0.00579. The van der Waals surface area contributed by atoms with Crippen molar-refractivity contribution in [1.82, 2.24) is 0 Å². The standard InChI is InChI=1S/C7H9ClO/c8-6-4-2-1-3-5(4)7(6)9/h1-2,4-7,9H,3H2/t4-,5+,6+,7+/m1/s1. The van der Waals surface area contributed by atoms with Crippen LogP contribution in [0.3, 0.4) is 0 Å². The lowest BCUT2D eigenvalue weighted by Gasteiger charge is -2.41. The first kappa shape index (κ1) is 5.75. The Kier molecular flexibility index (Phi) is 1.11. The van der Waals surface area contributed by atoms with Crippen molar-refractivity contribution in [1.29, 1.82) is 0 Å². The maximum absolute atomic E-state index is 9.21. The predicted molar refractivity (Wildman–Crippen MR) is 36.4 cm³/mol. The Labute approximate surface area is 59.3 Å². The number of allylic oxidation sites excluding steroid dienone is 2. The normalized spacial score (nSPS) is 54.9. The first-order valence-corrected chi connectivity index (χ1v) is 3.73. The number of alkyl halides is 1. The Morgan fingerprint density at radius 1 is 1.56 bits per heavy atom. The van der Waals surface area contributed by atoms with Gasteiger partial charge in [-0.05, 0) is 12.3 Å². The SMILES string of the molecule is O[C@@H]1[C@@H](Cl)[C@@H]2C=CC[C@H]12. The van der Waals surface area contributed by atoms with Gasteiger partial charge in [-0.1, -0.05) is 12.2 Å². The Bertz CT molecular complexity index is 155. The van der Waals surface area contributed by atoms with Crippen molar-refractivity contribution in [3.8, 4) is 0 Å². The lowest BCUT2D eigenvalue weighted by atomic mass is 9.73. The van der Waals surface area contributed by atoms with Crippen molar-refractivity contribution < 1.29 is 5.11 Å². The smallest absolute Gasteiger partial charge is 0.0746 e. The van der Waals surface area contributed by atoms with E-state index in [4.69, 9.17) is 11.6 Å². The molecule has 4 atom stereocenters. The Hall–Kier alpha value is -0.0100. The van der Waals surface area contributed by atoms with Gasteiger partial charge in [0, 0.05) is 5.92 Å². The molecule has 2 aliphatic rings. The summed E-state index contributed by atoms with van der Waals surface area (Å²) in [5.74, 6) is 0.925. The van der Waals surface area contributed by atoms with E-state index in [2.05, 4.69) is 12.2 Å². The molecule has 9 heavy (non-hydrogen) atoms. The minimum Gasteiger partial charge on any atom is -0.391 e. The number of rotatable bonds is 0. The van der Waals surface area contributed by atoms with E-state index >= 15 is 0 Å². The van der Waals surface area contributed by atoms with E-state index in [1.165, 1.54) is 0 Å². The van der Waals surface area contributed by atoms with Crippen molar-refractivity contribution in [2.24, 2.45) is 11.8 Å². The predicted octanol–water partition coefficient (Wildman–Crippen LogP) is 1.16. The van der Waals surface area contributed by atoms with E-state index in [0.717, 1.165) is 6.42 Å². The van der Waals surface area contributed by atoms with E-state index in [9.17, 15) is 5.11 Å². The molecule has 0 aliphatic heterocycles. The van der Waals surface area contributed by atoms with Gasteiger partial charge in [-0.15, -0.1) is 11.6 Å². The average Bonchev–Trinajstić information content (AvgIpc) is 2.30. The fourth-order valence-electron chi connectivity index (χ4n) is 1.72. The van der Waals surface area contributed by atoms with Crippen LogP contribution in [0.2, 0.25) is 0 Å². The van der Waals surface area contributed by atoms with Crippen molar-refractivity contribution in [3.05, 3.63) is 12.2 Å². The van der Waals surface area contributed by atoms with Gasteiger partial charge in [-0.2, -0.15) is 0 Å². The third kappa shape index (κ3) is 0.593. The number of hydrogen-bond donors (Lipinski definition) is 1. The molecule has 1 fully saturated rings. The molecule has 0 bridgehead atoms. The van der Waals surface area contributed by atoms with Crippen molar-refractivity contribution >= 4 is 11.6 Å². The molecule has 2 aliphatic carbocycles. The molecule has 1 N–H and O–H groups in total. The maximum atomic E-state index is 9.21. The van der Waals surface area contributed by atoms with Gasteiger partial charge in [0.2, 0.25) is 0 Å². The first-order chi connectivity index (χ1) is 4.30. The van der Waals surface area contributed by atoms with E-state index in [1.807, 2.05) is 0 Å². The number of aliphatic hydroxyl groups excluding tert-OH is 1. The second-order valence-corrected chi connectivity index (χ2v) is 3.34. The molecule has 1 nitrogen and oxygen atoms in total. The zero-order valence-corrected chi connectivity index (χ0v) is 5.75. The molecule has 0 aromatic heterocycles. The molecule has 2 rings (SSSR count). The van der Waals surface area contributed by atoms with Gasteiger partial charge >= 0.3 is 0 Å². The van der Waals surface area contributed by atoms with Crippen molar-refractivity contribution in [2.75, 3.05) is 0 Å². The summed E-state index contributed by atoms with van der Waals surface area (Å²) < 4.78 is 0. The van der Waals surface area contributed by atoms with Gasteiger partial charge in [0.25, 0.3) is 0 Å². The van der Waals surface area contributed by atoms with E-state index in [0.29, 0.717) is 11.8 Å². The summed E-state index contributed by atoms with van der Waals surface area (Å²) in [6.07, 6.45) is 5.01. The maximum Gasteiger partial charge on any atom is 0.0746 e. The summed E-state index contributed by atoms with van der Waals surface area (Å²) in [5, 5.41) is 9.21. The van der Waals surface area contributed by atoms with E-state index in [1.54, 1.807) is 0 Å². The van der Waals surface area contributed by atoms with Gasteiger partial charge in [-0.3, -0.25) is 0 Å². The third-order valence-corrected chi connectivity index (χ3v) is 2.94. The number of hydrogen-bond acceptors (Lipinski definition) is 1. The van der Waals surface area contributed by atoms with Crippen LogP contribution in [-0.2, 0) is 0 Å². The molecule has 50 valence electrons. The highest BCUT2D eigenvalue weighted by Gasteiger charge is 2.48. The molecule has 0 saturated heterocycles.